The number of amides is 1. The topological polar surface area (TPSA) is 60.2 Å². The third-order valence-electron chi connectivity index (χ3n) is 4.84. The van der Waals surface area contributed by atoms with Gasteiger partial charge in [-0.05, 0) is 40.2 Å². The molecule has 0 spiro atoms. The largest absolute Gasteiger partial charge is 0.358 e. The fourth-order valence-corrected chi connectivity index (χ4v) is 3.63. The molecule has 27 heavy (non-hydrogen) atoms. The molecule has 2 aromatic rings. The standard InChI is InChI=1S/C21H30N4O2/c1-7-16-22-20(25(23-16)21(4,5)6)19-18(15-11-9-8-10-12-15)24(14(2)3)17(26)13-27-19/h8-12,14,18-19H,7,13H2,1-6H3/t18-,19+/m1/s1. The van der Waals surface area contributed by atoms with Gasteiger partial charge in [0.1, 0.15) is 12.7 Å². The van der Waals surface area contributed by atoms with Gasteiger partial charge in [-0.3, -0.25) is 4.79 Å². The van der Waals surface area contributed by atoms with Gasteiger partial charge in [0.15, 0.2) is 11.6 Å². The second-order valence-corrected chi connectivity index (χ2v) is 8.30. The monoisotopic (exact) mass is 370 g/mol. The maximum absolute atomic E-state index is 12.7. The van der Waals surface area contributed by atoms with Crippen LogP contribution in [0.5, 0.6) is 0 Å². The average Bonchev–Trinajstić information content (AvgIpc) is 3.06. The molecule has 6 nitrogen and oxygen atoms in total. The van der Waals surface area contributed by atoms with Gasteiger partial charge in [0.05, 0.1) is 11.6 Å². The van der Waals surface area contributed by atoms with E-state index in [0.717, 1.165) is 23.6 Å². The van der Waals surface area contributed by atoms with Crippen molar-refractivity contribution in [2.24, 2.45) is 0 Å². The molecule has 1 aromatic carbocycles. The quantitative estimate of drug-likeness (QED) is 0.824. The zero-order chi connectivity index (χ0) is 19.8. The lowest BCUT2D eigenvalue weighted by atomic mass is 9.95. The Morgan fingerprint density at radius 3 is 2.44 bits per heavy atom. The lowest BCUT2D eigenvalue weighted by molar-refractivity contribution is -0.163. The summed E-state index contributed by atoms with van der Waals surface area (Å²) in [5.74, 6) is 1.59. The van der Waals surface area contributed by atoms with E-state index in [2.05, 4.69) is 20.8 Å². The summed E-state index contributed by atoms with van der Waals surface area (Å²) >= 11 is 0. The van der Waals surface area contributed by atoms with E-state index in [4.69, 9.17) is 14.8 Å². The second-order valence-electron chi connectivity index (χ2n) is 8.30. The molecule has 1 saturated heterocycles. The maximum Gasteiger partial charge on any atom is 0.249 e. The molecule has 0 saturated carbocycles. The predicted octanol–water partition coefficient (Wildman–Crippen LogP) is 3.65. The molecule has 0 radical (unpaired) electrons. The van der Waals surface area contributed by atoms with Crippen molar-refractivity contribution in [1.82, 2.24) is 19.7 Å². The van der Waals surface area contributed by atoms with Gasteiger partial charge in [-0.15, -0.1) is 0 Å². The molecule has 0 N–H and O–H groups in total. The summed E-state index contributed by atoms with van der Waals surface area (Å²) in [5, 5.41) is 4.71. The van der Waals surface area contributed by atoms with Crippen LogP contribution in [0, 0.1) is 0 Å². The van der Waals surface area contributed by atoms with E-state index in [-0.39, 0.29) is 36.2 Å². The lowest BCUT2D eigenvalue weighted by Crippen LogP contribution is -2.49. The maximum atomic E-state index is 12.7. The van der Waals surface area contributed by atoms with Crippen molar-refractivity contribution in [3.8, 4) is 0 Å². The zero-order valence-electron chi connectivity index (χ0n) is 17.1. The van der Waals surface area contributed by atoms with E-state index >= 15 is 0 Å². The number of hydrogen-bond acceptors (Lipinski definition) is 4. The van der Waals surface area contributed by atoms with Crippen LogP contribution >= 0.6 is 0 Å². The van der Waals surface area contributed by atoms with Crippen LogP contribution in [0.3, 0.4) is 0 Å². The van der Waals surface area contributed by atoms with Crippen LogP contribution in [0.15, 0.2) is 30.3 Å². The van der Waals surface area contributed by atoms with Crippen molar-refractivity contribution >= 4 is 5.91 Å². The number of ether oxygens (including phenoxy) is 1. The third-order valence-corrected chi connectivity index (χ3v) is 4.84. The smallest absolute Gasteiger partial charge is 0.249 e. The minimum Gasteiger partial charge on any atom is -0.358 e. The van der Waals surface area contributed by atoms with Crippen molar-refractivity contribution in [2.45, 2.75) is 71.7 Å². The van der Waals surface area contributed by atoms with Gasteiger partial charge >= 0.3 is 0 Å². The SMILES string of the molecule is CCc1nc([C@H]2OCC(=O)N(C(C)C)[C@@H]2c2ccccc2)n(C(C)(C)C)n1. The Hall–Kier alpha value is -2.21. The van der Waals surface area contributed by atoms with E-state index in [1.54, 1.807) is 0 Å². The Morgan fingerprint density at radius 1 is 1.22 bits per heavy atom. The number of benzene rings is 1. The highest BCUT2D eigenvalue weighted by Crippen LogP contribution is 2.41. The minimum atomic E-state index is -0.362. The van der Waals surface area contributed by atoms with Crippen molar-refractivity contribution < 1.29 is 9.53 Å². The normalized spacial score (nSPS) is 21.1. The summed E-state index contributed by atoms with van der Waals surface area (Å²) in [6, 6.07) is 9.90. The molecular weight excluding hydrogens is 340 g/mol. The first-order valence-electron chi connectivity index (χ1n) is 9.68. The van der Waals surface area contributed by atoms with Crippen LogP contribution in [0.4, 0.5) is 0 Å². The van der Waals surface area contributed by atoms with E-state index in [1.165, 1.54) is 0 Å². The molecule has 1 aromatic heterocycles. The average molecular weight is 370 g/mol. The molecule has 0 aliphatic carbocycles. The first-order chi connectivity index (χ1) is 12.7. The molecule has 1 amide bonds. The van der Waals surface area contributed by atoms with Gasteiger partial charge in [0, 0.05) is 12.5 Å². The molecule has 3 rings (SSSR count). The van der Waals surface area contributed by atoms with Gasteiger partial charge in [0.2, 0.25) is 5.91 Å². The van der Waals surface area contributed by atoms with Crippen molar-refractivity contribution in [3.05, 3.63) is 47.5 Å². The van der Waals surface area contributed by atoms with Crippen LogP contribution in [0.1, 0.15) is 70.9 Å². The molecule has 2 heterocycles. The number of rotatable bonds is 4. The van der Waals surface area contributed by atoms with Crippen LogP contribution in [0.2, 0.25) is 0 Å². The van der Waals surface area contributed by atoms with Crippen molar-refractivity contribution in [1.29, 1.82) is 0 Å². The van der Waals surface area contributed by atoms with Crippen LogP contribution in [-0.2, 0) is 21.5 Å². The number of carbonyl (C=O) groups is 1. The molecule has 1 fully saturated rings. The van der Waals surface area contributed by atoms with E-state index in [0.29, 0.717) is 0 Å². The fraction of sp³-hybridized carbons (Fsp3) is 0.571. The highest BCUT2D eigenvalue weighted by Gasteiger charge is 2.43. The molecule has 1 aliphatic heterocycles. The number of hydrogen-bond donors (Lipinski definition) is 0. The number of aryl methyl sites for hydroxylation is 1. The van der Waals surface area contributed by atoms with Gasteiger partial charge in [-0.2, -0.15) is 5.10 Å². The molecule has 2 atom stereocenters. The molecule has 0 unspecified atom stereocenters. The Morgan fingerprint density at radius 2 is 1.89 bits per heavy atom. The Balaban J connectivity index is 2.15. The van der Waals surface area contributed by atoms with Crippen LogP contribution in [0.25, 0.3) is 0 Å². The lowest BCUT2D eigenvalue weighted by Gasteiger charge is -2.43. The summed E-state index contributed by atoms with van der Waals surface area (Å²) in [7, 11) is 0. The van der Waals surface area contributed by atoms with Crippen molar-refractivity contribution in [3.63, 3.8) is 0 Å². The van der Waals surface area contributed by atoms with Crippen LogP contribution in [-0.4, -0.2) is 38.2 Å². The number of carbonyl (C=O) groups excluding carboxylic acids is 1. The Kier molecular flexibility index (Phi) is 5.38. The number of nitrogens with zero attached hydrogens (tertiary/aromatic N) is 4. The molecular formula is C21H30N4O2. The van der Waals surface area contributed by atoms with Crippen LogP contribution < -0.4 is 0 Å². The highest BCUT2D eigenvalue weighted by atomic mass is 16.5. The molecule has 6 heteroatoms. The molecule has 1 aliphatic rings. The van der Waals surface area contributed by atoms with E-state index < -0.39 is 0 Å². The predicted molar refractivity (Wildman–Crippen MR) is 104 cm³/mol. The zero-order valence-corrected chi connectivity index (χ0v) is 17.1. The molecule has 0 bridgehead atoms. The first kappa shape index (κ1) is 19.5. The van der Waals surface area contributed by atoms with E-state index in [9.17, 15) is 4.79 Å². The summed E-state index contributed by atoms with van der Waals surface area (Å²) in [5.41, 5.74) is 0.815. The number of morpholine rings is 1. The summed E-state index contributed by atoms with van der Waals surface area (Å²) in [4.78, 5) is 19.4. The van der Waals surface area contributed by atoms with Crippen molar-refractivity contribution in [2.75, 3.05) is 6.61 Å². The molecule has 146 valence electrons. The third kappa shape index (κ3) is 3.76. The van der Waals surface area contributed by atoms with Gasteiger partial charge < -0.3 is 9.64 Å². The van der Waals surface area contributed by atoms with Gasteiger partial charge in [-0.1, -0.05) is 37.3 Å². The summed E-state index contributed by atoms with van der Waals surface area (Å²) in [6.07, 6.45) is 0.394. The summed E-state index contributed by atoms with van der Waals surface area (Å²) < 4.78 is 8.06. The number of aromatic nitrogens is 3. The second kappa shape index (κ2) is 7.43. The highest BCUT2D eigenvalue weighted by molar-refractivity contribution is 5.79. The van der Waals surface area contributed by atoms with Gasteiger partial charge in [-0.25, -0.2) is 9.67 Å². The fourth-order valence-electron chi connectivity index (χ4n) is 3.63. The Labute approximate surface area is 161 Å². The first-order valence-corrected chi connectivity index (χ1v) is 9.68. The minimum absolute atomic E-state index is 0.00708. The van der Waals surface area contributed by atoms with E-state index in [1.807, 2.05) is 60.7 Å². The Bertz CT molecular complexity index is 792. The summed E-state index contributed by atoms with van der Waals surface area (Å²) in [6.45, 7) is 12.5. The van der Waals surface area contributed by atoms with Gasteiger partial charge in [0.25, 0.3) is 0 Å².